The van der Waals surface area contributed by atoms with Gasteiger partial charge in [-0.05, 0) is 23.8 Å². The summed E-state index contributed by atoms with van der Waals surface area (Å²) >= 11 is 0. The Labute approximate surface area is 91.9 Å². The molecule has 0 bridgehead atoms. The van der Waals surface area contributed by atoms with Gasteiger partial charge < -0.3 is 0 Å². The molecular formula is C13H18N2. The third-order valence-corrected chi connectivity index (χ3v) is 3.34. The average Bonchev–Trinajstić information content (AvgIpc) is 2.41. The highest BCUT2D eigenvalue weighted by atomic mass is 15.1. The van der Waals surface area contributed by atoms with Crippen molar-refractivity contribution in [2.45, 2.75) is 38.9 Å². The van der Waals surface area contributed by atoms with Gasteiger partial charge in [-0.1, -0.05) is 44.2 Å². The molecule has 0 amide bonds. The van der Waals surface area contributed by atoms with Crippen molar-refractivity contribution in [3.8, 4) is 0 Å². The molecule has 0 saturated carbocycles. The van der Waals surface area contributed by atoms with E-state index in [-0.39, 0.29) is 11.6 Å². The van der Waals surface area contributed by atoms with Crippen molar-refractivity contribution in [3.63, 3.8) is 0 Å². The van der Waals surface area contributed by atoms with E-state index in [1.54, 1.807) is 0 Å². The highest BCUT2D eigenvalue weighted by Crippen LogP contribution is 2.33. The van der Waals surface area contributed by atoms with E-state index >= 15 is 0 Å². The Hall–Kier alpha value is -0.860. The van der Waals surface area contributed by atoms with Crippen LogP contribution in [-0.4, -0.2) is 12.2 Å². The molecule has 1 aliphatic rings. The molecule has 1 saturated heterocycles. The summed E-state index contributed by atoms with van der Waals surface area (Å²) in [6.45, 7) is 4.42. The molecule has 1 heterocycles. The van der Waals surface area contributed by atoms with Gasteiger partial charge in [-0.15, -0.1) is 5.73 Å². The summed E-state index contributed by atoms with van der Waals surface area (Å²) in [6, 6.07) is 10.8. The zero-order chi connectivity index (χ0) is 10.9. The highest BCUT2D eigenvalue weighted by Gasteiger charge is 2.38. The second-order valence-electron chi connectivity index (χ2n) is 5.12. The first-order chi connectivity index (χ1) is 7.08. The zero-order valence-electron chi connectivity index (χ0n) is 9.40. The number of nitrogens with zero attached hydrogens (tertiary/aromatic N) is 1. The minimum atomic E-state index is -0.339. The van der Waals surface area contributed by atoms with Crippen LogP contribution in [0.15, 0.2) is 30.3 Å². The summed E-state index contributed by atoms with van der Waals surface area (Å²) in [7, 11) is 0. The third-order valence-electron chi connectivity index (χ3n) is 3.34. The SMILES string of the molecule is CC1(C)CC([N])NC1Cc1ccccc1. The Kier molecular flexibility index (Phi) is 2.81. The molecule has 0 aromatic heterocycles. The van der Waals surface area contributed by atoms with Crippen LogP contribution in [0.1, 0.15) is 25.8 Å². The van der Waals surface area contributed by atoms with Crippen molar-refractivity contribution >= 4 is 0 Å². The molecule has 2 heteroatoms. The lowest BCUT2D eigenvalue weighted by atomic mass is 9.81. The highest BCUT2D eigenvalue weighted by molar-refractivity contribution is 5.17. The van der Waals surface area contributed by atoms with Gasteiger partial charge in [0.2, 0.25) is 0 Å². The van der Waals surface area contributed by atoms with Gasteiger partial charge in [0.15, 0.2) is 0 Å². The summed E-state index contributed by atoms with van der Waals surface area (Å²) < 4.78 is 0. The van der Waals surface area contributed by atoms with Crippen molar-refractivity contribution in [1.29, 1.82) is 0 Å². The fraction of sp³-hybridized carbons (Fsp3) is 0.538. The first-order valence-corrected chi connectivity index (χ1v) is 5.56. The molecule has 15 heavy (non-hydrogen) atoms. The zero-order valence-corrected chi connectivity index (χ0v) is 9.40. The maximum atomic E-state index is 9.60. The van der Waals surface area contributed by atoms with Crippen LogP contribution in [0.25, 0.3) is 0 Å². The Balaban J connectivity index is 2.07. The average molecular weight is 202 g/mol. The molecule has 1 N–H and O–H groups in total. The van der Waals surface area contributed by atoms with Crippen LogP contribution in [0.2, 0.25) is 0 Å². The molecule has 2 unspecified atom stereocenters. The minimum absolute atomic E-state index is 0.176. The second-order valence-corrected chi connectivity index (χ2v) is 5.12. The molecule has 1 aliphatic heterocycles. The molecule has 80 valence electrons. The monoisotopic (exact) mass is 202 g/mol. The molecule has 2 nitrogen and oxygen atoms in total. The smallest absolute Gasteiger partial charge is 0.0934 e. The predicted octanol–water partition coefficient (Wildman–Crippen LogP) is 2.01. The van der Waals surface area contributed by atoms with Crippen LogP contribution >= 0.6 is 0 Å². The Morgan fingerprint density at radius 2 is 2.00 bits per heavy atom. The van der Waals surface area contributed by atoms with Gasteiger partial charge in [0.05, 0.1) is 6.17 Å². The van der Waals surface area contributed by atoms with E-state index in [1.165, 1.54) is 5.56 Å². The van der Waals surface area contributed by atoms with Crippen LogP contribution in [0, 0.1) is 5.41 Å². The van der Waals surface area contributed by atoms with E-state index in [2.05, 4.69) is 43.4 Å². The maximum Gasteiger partial charge on any atom is 0.0934 e. The van der Waals surface area contributed by atoms with Crippen LogP contribution in [-0.2, 0) is 6.42 Å². The minimum Gasteiger partial charge on any atom is -0.296 e. The van der Waals surface area contributed by atoms with Gasteiger partial charge in [-0.2, -0.15) is 0 Å². The van der Waals surface area contributed by atoms with Crippen LogP contribution in [0.3, 0.4) is 0 Å². The molecule has 1 fully saturated rings. The van der Waals surface area contributed by atoms with Crippen molar-refractivity contribution in [2.24, 2.45) is 5.41 Å². The van der Waals surface area contributed by atoms with Crippen molar-refractivity contribution in [3.05, 3.63) is 35.9 Å². The summed E-state index contributed by atoms with van der Waals surface area (Å²) in [5.41, 5.74) is 11.1. The van der Waals surface area contributed by atoms with E-state index in [9.17, 15) is 5.73 Å². The topological polar surface area (TPSA) is 34.3 Å². The molecule has 0 aliphatic carbocycles. The molecule has 2 rings (SSSR count). The predicted molar refractivity (Wildman–Crippen MR) is 61.4 cm³/mol. The quantitative estimate of drug-likeness (QED) is 0.782. The number of rotatable bonds is 2. The molecule has 2 radical (unpaired) electrons. The Bertz CT molecular complexity index is 319. The standard InChI is InChI=1S/C13H18N2/c1-13(2)9-12(14)15-11(13)8-10-6-4-3-5-7-10/h3-7,11-12,15H,8-9H2,1-2H3. The van der Waals surface area contributed by atoms with E-state index in [1.807, 2.05) is 6.07 Å². The van der Waals surface area contributed by atoms with Crippen LogP contribution < -0.4 is 11.1 Å². The molecule has 1 aromatic rings. The van der Waals surface area contributed by atoms with Crippen LogP contribution in [0.4, 0.5) is 0 Å². The van der Waals surface area contributed by atoms with Gasteiger partial charge in [-0.25, -0.2) is 0 Å². The number of benzene rings is 1. The Morgan fingerprint density at radius 3 is 2.53 bits per heavy atom. The normalized spacial score (nSPS) is 29.3. The maximum absolute atomic E-state index is 9.60. The van der Waals surface area contributed by atoms with Gasteiger partial charge in [0.25, 0.3) is 0 Å². The first kappa shape index (κ1) is 10.7. The van der Waals surface area contributed by atoms with E-state index < -0.39 is 0 Å². The number of hydrogen-bond acceptors (Lipinski definition) is 1. The lowest BCUT2D eigenvalue weighted by molar-refractivity contribution is 0.311. The fourth-order valence-corrected chi connectivity index (χ4v) is 2.34. The van der Waals surface area contributed by atoms with Gasteiger partial charge in [0.1, 0.15) is 0 Å². The van der Waals surface area contributed by atoms with E-state index in [0.717, 1.165) is 12.8 Å². The van der Waals surface area contributed by atoms with Gasteiger partial charge >= 0.3 is 0 Å². The van der Waals surface area contributed by atoms with Crippen molar-refractivity contribution < 1.29 is 0 Å². The van der Waals surface area contributed by atoms with Gasteiger partial charge in [-0.3, -0.25) is 5.32 Å². The lowest BCUT2D eigenvalue weighted by Crippen LogP contribution is -2.36. The van der Waals surface area contributed by atoms with Crippen LogP contribution in [0.5, 0.6) is 0 Å². The van der Waals surface area contributed by atoms with Gasteiger partial charge in [0, 0.05) is 6.04 Å². The Morgan fingerprint density at radius 1 is 1.33 bits per heavy atom. The molecular weight excluding hydrogens is 184 g/mol. The molecule has 0 spiro atoms. The second kappa shape index (κ2) is 3.95. The molecule has 1 aromatic carbocycles. The summed E-state index contributed by atoms with van der Waals surface area (Å²) in [6.07, 6.45) is 1.49. The fourth-order valence-electron chi connectivity index (χ4n) is 2.34. The largest absolute Gasteiger partial charge is 0.296 e. The van der Waals surface area contributed by atoms with Crippen molar-refractivity contribution in [2.75, 3.05) is 0 Å². The number of hydrogen-bond donors (Lipinski definition) is 1. The lowest BCUT2D eigenvalue weighted by Gasteiger charge is -2.26. The third kappa shape index (κ3) is 2.39. The van der Waals surface area contributed by atoms with E-state index in [4.69, 9.17) is 0 Å². The first-order valence-electron chi connectivity index (χ1n) is 5.56. The summed E-state index contributed by atoms with van der Waals surface area (Å²) in [5.74, 6) is 0. The summed E-state index contributed by atoms with van der Waals surface area (Å²) in [4.78, 5) is 0. The molecule has 2 atom stereocenters. The number of nitrogens with one attached hydrogen (secondary N) is 1. The summed E-state index contributed by atoms with van der Waals surface area (Å²) in [5, 5.41) is 3.25. The van der Waals surface area contributed by atoms with Crippen molar-refractivity contribution in [1.82, 2.24) is 11.1 Å². The van der Waals surface area contributed by atoms with E-state index in [0.29, 0.717) is 6.04 Å².